The average Bonchev–Trinajstić information content (AvgIpc) is 2.79. The van der Waals surface area contributed by atoms with E-state index in [9.17, 15) is 14.4 Å². The van der Waals surface area contributed by atoms with Gasteiger partial charge in [-0.15, -0.1) is 0 Å². The van der Waals surface area contributed by atoms with Crippen molar-refractivity contribution in [2.75, 3.05) is 33.9 Å². The predicted octanol–water partition coefficient (Wildman–Crippen LogP) is 4.36. The number of benzene rings is 3. The first-order valence-electron chi connectivity index (χ1n) is 10.3. The topological polar surface area (TPSA) is 90.5 Å². The summed E-state index contributed by atoms with van der Waals surface area (Å²) < 4.78 is 0. The van der Waals surface area contributed by atoms with Crippen LogP contribution >= 0.6 is 0 Å². The average molecular weight is 431 g/mol. The molecule has 0 aliphatic carbocycles. The van der Waals surface area contributed by atoms with Gasteiger partial charge in [-0.3, -0.25) is 14.4 Å². The van der Waals surface area contributed by atoms with Crippen LogP contribution in [0.1, 0.15) is 24.2 Å². The Labute approximate surface area is 187 Å². The van der Waals surface area contributed by atoms with E-state index in [1.165, 1.54) is 6.92 Å². The van der Waals surface area contributed by atoms with Gasteiger partial charge >= 0.3 is 0 Å². The fraction of sp³-hybridized carbons (Fsp3) is 0.160. The van der Waals surface area contributed by atoms with Gasteiger partial charge in [0.25, 0.3) is 5.91 Å². The maximum Gasteiger partial charge on any atom is 0.258 e. The van der Waals surface area contributed by atoms with Crippen LogP contribution in [0, 0.1) is 0 Å². The molecule has 0 radical (unpaired) electrons. The monoisotopic (exact) mass is 430 g/mol. The Balaban J connectivity index is 1.56. The molecule has 0 atom stereocenters. The summed E-state index contributed by atoms with van der Waals surface area (Å²) >= 11 is 0. The minimum absolute atomic E-state index is 0.0583. The highest BCUT2D eigenvalue weighted by atomic mass is 16.2. The van der Waals surface area contributed by atoms with Gasteiger partial charge in [0.15, 0.2) is 0 Å². The van der Waals surface area contributed by atoms with E-state index in [1.54, 1.807) is 53.4 Å². The third-order valence-corrected chi connectivity index (χ3v) is 4.68. The third-order valence-electron chi connectivity index (χ3n) is 4.68. The van der Waals surface area contributed by atoms with Gasteiger partial charge in [-0.1, -0.05) is 24.3 Å². The van der Waals surface area contributed by atoms with Crippen molar-refractivity contribution in [3.8, 4) is 0 Å². The molecule has 7 nitrogen and oxygen atoms in total. The van der Waals surface area contributed by atoms with E-state index in [-0.39, 0.29) is 24.3 Å². The second-order valence-corrected chi connectivity index (χ2v) is 7.13. The Morgan fingerprint density at radius 2 is 1.44 bits per heavy atom. The second-order valence-electron chi connectivity index (χ2n) is 7.13. The molecule has 0 aliphatic rings. The number of anilines is 4. The summed E-state index contributed by atoms with van der Waals surface area (Å²) in [6, 6.07) is 23.5. The number of para-hydroxylation sites is 1. The van der Waals surface area contributed by atoms with Crippen molar-refractivity contribution < 1.29 is 14.4 Å². The van der Waals surface area contributed by atoms with Gasteiger partial charge in [0.05, 0.1) is 6.54 Å². The van der Waals surface area contributed by atoms with E-state index in [2.05, 4.69) is 16.0 Å². The lowest BCUT2D eigenvalue weighted by Gasteiger charge is -2.21. The SMILES string of the molecule is CCN(C(=O)c1ccc(NCC(=O)Nc2cccc(NC(C)=O)c2)cc1)c1ccccc1. The molecule has 164 valence electrons. The summed E-state index contributed by atoms with van der Waals surface area (Å²) in [7, 11) is 0. The summed E-state index contributed by atoms with van der Waals surface area (Å²) in [5.41, 5.74) is 3.35. The molecule has 0 aromatic heterocycles. The van der Waals surface area contributed by atoms with Gasteiger partial charge in [-0.25, -0.2) is 0 Å². The largest absolute Gasteiger partial charge is 0.376 e. The lowest BCUT2D eigenvalue weighted by Crippen LogP contribution is -2.30. The van der Waals surface area contributed by atoms with Crippen LogP contribution in [0.2, 0.25) is 0 Å². The molecule has 0 bridgehead atoms. The number of carbonyl (C=O) groups excluding carboxylic acids is 3. The third kappa shape index (κ3) is 6.18. The standard InChI is InChI=1S/C25H26N4O3/c1-3-29(23-10-5-4-6-11-23)25(32)19-12-14-20(15-13-19)26-17-24(31)28-22-9-7-8-21(16-22)27-18(2)30/h4-16,26H,3,17H2,1-2H3,(H,27,30)(H,28,31). The minimum Gasteiger partial charge on any atom is -0.376 e. The van der Waals surface area contributed by atoms with Crippen LogP contribution in [0.15, 0.2) is 78.9 Å². The van der Waals surface area contributed by atoms with Crippen molar-refractivity contribution in [2.45, 2.75) is 13.8 Å². The Hall–Kier alpha value is -4.13. The van der Waals surface area contributed by atoms with Crippen LogP contribution in [0.3, 0.4) is 0 Å². The highest BCUT2D eigenvalue weighted by molar-refractivity contribution is 6.06. The van der Waals surface area contributed by atoms with E-state index in [1.807, 2.05) is 37.3 Å². The van der Waals surface area contributed by atoms with Crippen LogP contribution in [0.5, 0.6) is 0 Å². The second kappa shape index (κ2) is 10.8. The Kier molecular flexibility index (Phi) is 7.59. The van der Waals surface area contributed by atoms with Gasteiger partial charge < -0.3 is 20.9 Å². The van der Waals surface area contributed by atoms with Crippen molar-refractivity contribution in [3.63, 3.8) is 0 Å². The zero-order chi connectivity index (χ0) is 22.9. The maximum absolute atomic E-state index is 12.9. The molecule has 0 saturated heterocycles. The molecule has 0 saturated carbocycles. The number of amides is 3. The van der Waals surface area contributed by atoms with E-state index < -0.39 is 0 Å². The number of hydrogen-bond acceptors (Lipinski definition) is 4. The summed E-state index contributed by atoms with van der Waals surface area (Å²) in [5, 5.41) is 8.50. The molecule has 0 heterocycles. The summed E-state index contributed by atoms with van der Waals surface area (Å²) in [5.74, 6) is -0.490. The number of nitrogens with one attached hydrogen (secondary N) is 3. The lowest BCUT2D eigenvalue weighted by molar-refractivity contribution is -0.115. The molecule has 0 fully saturated rings. The van der Waals surface area contributed by atoms with Crippen molar-refractivity contribution in [1.29, 1.82) is 0 Å². The van der Waals surface area contributed by atoms with E-state index in [0.29, 0.717) is 23.5 Å². The minimum atomic E-state index is -0.230. The Morgan fingerprint density at radius 3 is 2.06 bits per heavy atom. The van der Waals surface area contributed by atoms with Crippen molar-refractivity contribution >= 4 is 40.5 Å². The molecule has 3 rings (SSSR count). The normalized spacial score (nSPS) is 10.2. The van der Waals surface area contributed by atoms with Crippen LogP contribution in [0.25, 0.3) is 0 Å². The molecule has 7 heteroatoms. The van der Waals surface area contributed by atoms with Crippen LogP contribution in [-0.4, -0.2) is 30.8 Å². The Bertz CT molecular complexity index is 1080. The van der Waals surface area contributed by atoms with Crippen LogP contribution in [-0.2, 0) is 9.59 Å². The fourth-order valence-electron chi connectivity index (χ4n) is 3.20. The van der Waals surface area contributed by atoms with Crippen LogP contribution in [0.4, 0.5) is 22.7 Å². The van der Waals surface area contributed by atoms with E-state index in [4.69, 9.17) is 0 Å². The predicted molar refractivity (Wildman–Crippen MR) is 128 cm³/mol. The fourth-order valence-corrected chi connectivity index (χ4v) is 3.20. The first-order chi connectivity index (χ1) is 15.5. The smallest absolute Gasteiger partial charge is 0.258 e. The zero-order valence-corrected chi connectivity index (χ0v) is 18.1. The van der Waals surface area contributed by atoms with Gasteiger partial charge in [-0.05, 0) is 61.5 Å². The molecule has 32 heavy (non-hydrogen) atoms. The summed E-state index contributed by atoms with van der Waals surface area (Å²) in [6.45, 7) is 3.98. The van der Waals surface area contributed by atoms with Crippen molar-refractivity contribution in [3.05, 3.63) is 84.4 Å². The number of nitrogens with zero attached hydrogens (tertiary/aromatic N) is 1. The molecular formula is C25H26N4O3. The van der Waals surface area contributed by atoms with E-state index >= 15 is 0 Å². The lowest BCUT2D eigenvalue weighted by atomic mass is 10.1. The molecule has 0 spiro atoms. The van der Waals surface area contributed by atoms with Crippen LogP contribution < -0.4 is 20.9 Å². The number of rotatable bonds is 8. The first kappa shape index (κ1) is 22.6. The molecular weight excluding hydrogens is 404 g/mol. The molecule has 3 N–H and O–H groups in total. The van der Waals surface area contributed by atoms with Crippen molar-refractivity contribution in [1.82, 2.24) is 0 Å². The highest BCUT2D eigenvalue weighted by Crippen LogP contribution is 2.18. The highest BCUT2D eigenvalue weighted by Gasteiger charge is 2.15. The van der Waals surface area contributed by atoms with Gasteiger partial charge in [0.2, 0.25) is 11.8 Å². The van der Waals surface area contributed by atoms with Gasteiger partial charge in [0, 0.05) is 41.8 Å². The van der Waals surface area contributed by atoms with Crippen molar-refractivity contribution in [2.24, 2.45) is 0 Å². The molecule has 0 unspecified atom stereocenters. The molecule has 3 aromatic rings. The quantitative estimate of drug-likeness (QED) is 0.495. The Morgan fingerprint density at radius 1 is 0.781 bits per heavy atom. The zero-order valence-electron chi connectivity index (χ0n) is 18.1. The maximum atomic E-state index is 12.9. The molecule has 3 amide bonds. The van der Waals surface area contributed by atoms with Gasteiger partial charge in [-0.2, -0.15) is 0 Å². The first-order valence-corrected chi connectivity index (χ1v) is 10.3. The summed E-state index contributed by atoms with van der Waals surface area (Å²) in [4.78, 5) is 38.0. The number of carbonyl (C=O) groups is 3. The summed E-state index contributed by atoms with van der Waals surface area (Å²) in [6.07, 6.45) is 0. The molecule has 0 aliphatic heterocycles. The van der Waals surface area contributed by atoms with E-state index in [0.717, 1.165) is 11.4 Å². The van der Waals surface area contributed by atoms with Gasteiger partial charge in [0.1, 0.15) is 0 Å². The number of hydrogen-bond donors (Lipinski definition) is 3. The molecule has 3 aromatic carbocycles.